The zero-order valence-electron chi connectivity index (χ0n) is 16.0. The molecular formula is C20H29IN4OS. The van der Waals surface area contributed by atoms with Crippen molar-refractivity contribution in [2.24, 2.45) is 4.99 Å². The van der Waals surface area contributed by atoms with E-state index in [0.29, 0.717) is 6.54 Å². The Morgan fingerprint density at radius 3 is 2.48 bits per heavy atom. The predicted molar refractivity (Wildman–Crippen MR) is 126 cm³/mol. The first kappa shape index (κ1) is 22.0. The van der Waals surface area contributed by atoms with Gasteiger partial charge in [-0.1, -0.05) is 12.1 Å². The third kappa shape index (κ3) is 6.97. The van der Waals surface area contributed by atoms with Crippen LogP contribution in [-0.4, -0.2) is 38.8 Å². The Hall–Kier alpha value is -1.32. The maximum atomic E-state index is 5.42. The lowest BCUT2D eigenvalue weighted by atomic mass is 10.2. The maximum Gasteiger partial charge on any atom is 0.191 e. The van der Waals surface area contributed by atoms with Crippen molar-refractivity contribution in [3.05, 3.63) is 51.7 Å². The molecule has 5 nitrogen and oxygen atoms in total. The summed E-state index contributed by atoms with van der Waals surface area (Å²) in [6, 6.07) is 13.0. The number of nitrogens with zero attached hydrogens (tertiary/aromatic N) is 2. The maximum absolute atomic E-state index is 5.42. The first-order chi connectivity index (χ1) is 12.7. The molecule has 7 heteroatoms. The molecule has 0 atom stereocenters. The number of anilines is 1. The third-order valence-electron chi connectivity index (χ3n) is 4.30. The average Bonchev–Trinajstić information content (AvgIpc) is 3.10. The third-order valence-corrected chi connectivity index (χ3v) is 5.30. The molecule has 1 fully saturated rings. The number of nitrogens with one attached hydrogen (secondary N) is 2. The highest BCUT2D eigenvalue weighted by atomic mass is 127. The molecule has 3 rings (SSSR count). The Kier molecular flexibility index (Phi) is 9.36. The van der Waals surface area contributed by atoms with Crippen LogP contribution in [0.3, 0.4) is 0 Å². The Labute approximate surface area is 183 Å². The molecule has 0 aliphatic carbocycles. The average molecular weight is 500 g/mol. The molecule has 2 N–H and O–H groups in total. The molecule has 27 heavy (non-hydrogen) atoms. The zero-order chi connectivity index (χ0) is 18.2. The topological polar surface area (TPSA) is 48.9 Å². The summed E-state index contributed by atoms with van der Waals surface area (Å²) in [5.41, 5.74) is 2.48. The monoisotopic (exact) mass is 500 g/mol. The first-order valence-electron chi connectivity index (χ1n) is 9.23. The molecule has 1 aromatic carbocycles. The summed E-state index contributed by atoms with van der Waals surface area (Å²) in [5, 5.41) is 6.73. The highest BCUT2D eigenvalue weighted by molar-refractivity contribution is 14.0. The van der Waals surface area contributed by atoms with E-state index in [1.807, 2.05) is 11.3 Å². The molecule has 1 aliphatic rings. The van der Waals surface area contributed by atoms with E-state index in [-0.39, 0.29) is 24.0 Å². The van der Waals surface area contributed by atoms with E-state index in [4.69, 9.17) is 9.73 Å². The number of morpholine rings is 1. The minimum absolute atomic E-state index is 0. The lowest BCUT2D eigenvalue weighted by Crippen LogP contribution is -2.36. The largest absolute Gasteiger partial charge is 0.378 e. The van der Waals surface area contributed by atoms with Crippen molar-refractivity contribution in [1.29, 1.82) is 0 Å². The smallest absolute Gasteiger partial charge is 0.191 e. The van der Waals surface area contributed by atoms with Gasteiger partial charge in [0.05, 0.1) is 26.3 Å². The van der Waals surface area contributed by atoms with Crippen LogP contribution in [0.1, 0.15) is 22.2 Å². The summed E-state index contributed by atoms with van der Waals surface area (Å²) in [4.78, 5) is 9.74. The van der Waals surface area contributed by atoms with Crippen molar-refractivity contribution in [1.82, 2.24) is 10.6 Å². The van der Waals surface area contributed by atoms with Gasteiger partial charge in [-0.2, -0.15) is 0 Å². The highest BCUT2D eigenvalue weighted by Gasteiger charge is 2.10. The van der Waals surface area contributed by atoms with Crippen LogP contribution in [0, 0.1) is 6.92 Å². The van der Waals surface area contributed by atoms with Gasteiger partial charge in [0, 0.05) is 35.1 Å². The number of hydrogen-bond acceptors (Lipinski definition) is 4. The standard InChI is InChI=1S/C20H28N4OS.HI/c1-3-21-20(23-15-19-9-4-16(2)26-19)22-14-17-5-7-18(8-6-17)24-10-12-25-13-11-24;/h4-9H,3,10-15H2,1-2H3,(H2,21,22,23);1H. The number of halogens is 1. The van der Waals surface area contributed by atoms with Crippen molar-refractivity contribution < 1.29 is 4.74 Å². The summed E-state index contributed by atoms with van der Waals surface area (Å²) in [6.45, 7) is 10.1. The molecule has 1 saturated heterocycles. The number of hydrogen-bond donors (Lipinski definition) is 2. The molecule has 148 valence electrons. The van der Waals surface area contributed by atoms with E-state index in [1.165, 1.54) is 21.0 Å². The lowest BCUT2D eigenvalue weighted by Gasteiger charge is -2.28. The van der Waals surface area contributed by atoms with Gasteiger partial charge in [-0.3, -0.25) is 0 Å². The normalized spacial score (nSPS) is 14.6. The second-order valence-corrected chi connectivity index (χ2v) is 7.70. The summed E-state index contributed by atoms with van der Waals surface area (Å²) >= 11 is 1.82. The van der Waals surface area contributed by atoms with Gasteiger partial charge in [0.15, 0.2) is 5.96 Å². The van der Waals surface area contributed by atoms with E-state index >= 15 is 0 Å². The second-order valence-electron chi connectivity index (χ2n) is 6.33. The fraction of sp³-hybridized carbons (Fsp3) is 0.450. The molecule has 1 aliphatic heterocycles. The van der Waals surface area contributed by atoms with Crippen LogP contribution in [0.25, 0.3) is 0 Å². The number of aryl methyl sites for hydroxylation is 1. The Morgan fingerprint density at radius 1 is 1.11 bits per heavy atom. The second kappa shape index (κ2) is 11.5. The van der Waals surface area contributed by atoms with Crippen LogP contribution < -0.4 is 15.5 Å². The molecular weight excluding hydrogens is 471 g/mol. The van der Waals surface area contributed by atoms with Gasteiger partial charge in [-0.25, -0.2) is 4.99 Å². The van der Waals surface area contributed by atoms with Gasteiger partial charge in [-0.05, 0) is 43.7 Å². The number of rotatable bonds is 6. The van der Waals surface area contributed by atoms with Crippen molar-refractivity contribution in [2.75, 3.05) is 37.7 Å². The molecule has 0 bridgehead atoms. The van der Waals surface area contributed by atoms with E-state index in [0.717, 1.165) is 45.4 Å². The van der Waals surface area contributed by atoms with E-state index in [9.17, 15) is 0 Å². The fourth-order valence-corrected chi connectivity index (χ4v) is 3.73. The summed E-state index contributed by atoms with van der Waals surface area (Å²) < 4.78 is 5.42. The molecule has 0 radical (unpaired) electrons. The van der Waals surface area contributed by atoms with Crippen molar-refractivity contribution in [3.63, 3.8) is 0 Å². The molecule has 0 saturated carbocycles. The van der Waals surface area contributed by atoms with Crippen molar-refractivity contribution in [2.45, 2.75) is 26.9 Å². The Bertz CT molecular complexity index is 711. The molecule has 0 amide bonds. The number of aliphatic imine (C=N–C) groups is 1. The molecule has 1 aromatic heterocycles. The summed E-state index contributed by atoms with van der Waals surface area (Å²) in [7, 11) is 0. The molecule has 2 aromatic rings. The molecule has 2 heterocycles. The molecule has 0 unspecified atom stereocenters. The number of guanidine groups is 1. The number of benzene rings is 1. The van der Waals surface area contributed by atoms with Crippen LogP contribution in [0.2, 0.25) is 0 Å². The van der Waals surface area contributed by atoms with Gasteiger partial charge in [0.25, 0.3) is 0 Å². The first-order valence-corrected chi connectivity index (χ1v) is 10.1. The zero-order valence-corrected chi connectivity index (χ0v) is 19.2. The minimum atomic E-state index is 0. The van der Waals surface area contributed by atoms with Gasteiger partial charge in [0.2, 0.25) is 0 Å². The minimum Gasteiger partial charge on any atom is -0.378 e. The highest BCUT2D eigenvalue weighted by Crippen LogP contribution is 2.17. The molecule has 0 spiro atoms. The van der Waals surface area contributed by atoms with Crippen LogP contribution in [0.4, 0.5) is 5.69 Å². The van der Waals surface area contributed by atoms with Gasteiger partial charge < -0.3 is 20.3 Å². The Morgan fingerprint density at radius 2 is 1.85 bits per heavy atom. The predicted octanol–water partition coefficient (Wildman–Crippen LogP) is 3.77. The summed E-state index contributed by atoms with van der Waals surface area (Å²) in [6.07, 6.45) is 0. The van der Waals surface area contributed by atoms with Crippen LogP contribution in [-0.2, 0) is 17.8 Å². The van der Waals surface area contributed by atoms with E-state index in [1.54, 1.807) is 0 Å². The SMILES string of the molecule is CCNC(=NCc1ccc(N2CCOCC2)cc1)NCc1ccc(C)s1.I. The van der Waals surface area contributed by atoms with Crippen LogP contribution in [0.15, 0.2) is 41.4 Å². The van der Waals surface area contributed by atoms with Crippen LogP contribution >= 0.6 is 35.3 Å². The lowest BCUT2D eigenvalue weighted by molar-refractivity contribution is 0.122. The van der Waals surface area contributed by atoms with Gasteiger partial charge in [-0.15, -0.1) is 35.3 Å². The van der Waals surface area contributed by atoms with Gasteiger partial charge >= 0.3 is 0 Å². The van der Waals surface area contributed by atoms with Crippen LogP contribution in [0.5, 0.6) is 0 Å². The van der Waals surface area contributed by atoms with Crippen molar-refractivity contribution in [3.8, 4) is 0 Å². The van der Waals surface area contributed by atoms with Gasteiger partial charge in [0.1, 0.15) is 0 Å². The fourth-order valence-electron chi connectivity index (χ4n) is 2.90. The van der Waals surface area contributed by atoms with E-state index in [2.05, 4.69) is 65.8 Å². The number of thiophene rings is 1. The quantitative estimate of drug-likeness (QED) is 0.360. The Balaban J connectivity index is 0.00000261. The van der Waals surface area contributed by atoms with Crippen molar-refractivity contribution >= 4 is 47.0 Å². The number of ether oxygens (including phenoxy) is 1. The van der Waals surface area contributed by atoms with E-state index < -0.39 is 0 Å². The summed E-state index contributed by atoms with van der Waals surface area (Å²) in [5.74, 6) is 0.857.